The fourth-order valence-corrected chi connectivity index (χ4v) is 3.72. The lowest BCUT2D eigenvalue weighted by Gasteiger charge is -2.37. The Morgan fingerprint density at radius 2 is 2.03 bits per heavy atom. The predicted octanol–water partition coefficient (Wildman–Crippen LogP) is 3.31. The minimum atomic E-state index is -0.648. The topological polar surface area (TPSA) is 74.5 Å². The third-order valence-corrected chi connectivity index (χ3v) is 5.50. The zero-order valence-corrected chi connectivity index (χ0v) is 16.6. The lowest BCUT2D eigenvalue weighted by Crippen LogP contribution is -2.49. The molecular weight excluding hydrogens is 392 g/mol. The van der Waals surface area contributed by atoms with Crippen LogP contribution in [0.1, 0.15) is 24.0 Å². The number of hydrogen-bond acceptors (Lipinski definition) is 5. The molecule has 2 aromatic carbocycles. The predicted molar refractivity (Wildman–Crippen MR) is 106 cm³/mol. The second kappa shape index (κ2) is 8.74. The van der Waals surface area contributed by atoms with Crippen molar-refractivity contribution in [2.75, 3.05) is 20.1 Å². The molecule has 2 heterocycles. The van der Waals surface area contributed by atoms with Crippen molar-refractivity contribution >= 4 is 17.1 Å². The highest BCUT2D eigenvalue weighted by Gasteiger charge is 2.28. The second-order valence-electron chi connectivity index (χ2n) is 7.63. The van der Waals surface area contributed by atoms with Crippen LogP contribution in [0.5, 0.6) is 0 Å². The van der Waals surface area contributed by atoms with Gasteiger partial charge in [-0.05, 0) is 56.7 Å². The van der Waals surface area contributed by atoms with Crippen molar-refractivity contribution in [2.24, 2.45) is 0 Å². The number of aromatic nitrogens is 2. The first-order valence-electron chi connectivity index (χ1n) is 9.87. The molecule has 1 aliphatic rings. The van der Waals surface area contributed by atoms with Gasteiger partial charge in [-0.15, -0.1) is 5.10 Å². The summed E-state index contributed by atoms with van der Waals surface area (Å²) in [6.07, 6.45) is 1.59. The average Bonchev–Trinajstić information content (AvgIpc) is 3.20. The van der Waals surface area contributed by atoms with Crippen LogP contribution in [-0.4, -0.2) is 52.4 Å². The molecule has 2 amide bonds. The summed E-state index contributed by atoms with van der Waals surface area (Å²) in [5.41, 5.74) is 2.33. The quantitative estimate of drug-likeness (QED) is 0.692. The molecule has 0 unspecified atom stereocenters. The molecule has 1 aromatic heterocycles. The molecule has 0 spiro atoms. The number of benzene rings is 2. The maximum Gasteiger partial charge on any atom is 0.318 e. The number of rotatable bonds is 5. The molecule has 0 atom stereocenters. The van der Waals surface area contributed by atoms with Gasteiger partial charge in [0.25, 0.3) is 0 Å². The summed E-state index contributed by atoms with van der Waals surface area (Å²) in [6, 6.07) is 8.52. The van der Waals surface area contributed by atoms with E-state index in [4.69, 9.17) is 4.52 Å². The standard InChI is InChI=1S/C21H23F2N5O2/c1-27-8-6-17(7-9-27)28(13-15-3-4-16(22)11-18(15)23)21(29)24-12-14-2-5-20-19(10-14)25-26-30-20/h2-5,10-11,17H,6-9,12-13H2,1H3,(H,24,29). The minimum absolute atomic E-state index is 0.0205. The maximum absolute atomic E-state index is 14.2. The highest BCUT2D eigenvalue weighted by atomic mass is 19.1. The zero-order valence-electron chi connectivity index (χ0n) is 16.6. The Hall–Kier alpha value is -3.07. The SMILES string of the molecule is CN1CCC(N(Cc2ccc(F)cc2F)C(=O)NCc2ccc3onnc3c2)CC1. The third-order valence-electron chi connectivity index (χ3n) is 5.50. The summed E-state index contributed by atoms with van der Waals surface area (Å²) in [6.45, 7) is 2.08. The van der Waals surface area contributed by atoms with Crippen LogP contribution in [0.15, 0.2) is 40.9 Å². The lowest BCUT2D eigenvalue weighted by atomic mass is 10.0. The molecule has 30 heavy (non-hydrogen) atoms. The highest BCUT2D eigenvalue weighted by Crippen LogP contribution is 2.21. The molecule has 1 fully saturated rings. The van der Waals surface area contributed by atoms with Gasteiger partial charge in [0, 0.05) is 29.5 Å². The molecule has 4 rings (SSSR count). The van der Waals surface area contributed by atoms with Crippen molar-refractivity contribution in [2.45, 2.75) is 32.0 Å². The van der Waals surface area contributed by atoms with E-state index in [1.54, 1.807) is 17.0 Å². The molecule has 9 heteroatoms. The lowest BCUT2D eigenvalue weighted by molar-refractivity contribution is 0.126. The van der Waals surface area contributed by atoms with Crippen molar-refractivity contribution in [1.29, 1.82) is 0 Å². The van der Waals surface area contributed by atoms with E-state index in [1.165, 1.54) is 12.1 Å². The van der Waals surface area contributed by atoms with Gasteiger partial charge in [-0.3, -0.25) is 0 Å². The van der Waals surface area contributed by atoms with E-state index in [1.807, 2.05) is 13.1 Å². The molecule has 158 valence electrons. The van der Waals surface area contributed by atoms with Crippen LogP contribution in [0.4, 0.5) is 13.6 Å². The Labute approximate surface area is 172 Å². The molecule has 0 aliphatic carbocycles. The molecule has 7 nitrogen and oxygen atoms in total. The maximum atomic E-state index is 14.2. The van der Waals surface area contributed by atoms with Gasteiger partial charge in [-0.1, -0.05) is 12.1 Å². The number of carbonyl (C=O) groups excluding carboxylic acids is 1. The number of fused-ring (bicyclic) bond motifs is 1. The summed E-state index contributed by atoms with van der Waals surface area (Å²) in [5.74, 6) is -1.28. The Bertz CT molecular complexity index is 1030. The van der Waals surface area contributed by atoms with Gasteiger partial charge in [0.05, 0.1) is 6.54 Å². The Morgan fingerprint density at radius 3 is 2.80 bits per heavy atom. The van der Waals surface area contributed by atoms with Gasteiger partial charge in [-0.2, -0.15) is 0 Å². The first kappa shape index (κ1) is 20.2. The van der Waals surface area contributed by atoms with E-state index in [0.29, 0.717) is 16.7 Å². The van der Waals surface area contributed by atoms with Gasteiger partial charge in [-0.25, -0.2) is 13.6 Å². The third kappa shape index (κ3) is 4.56. The van der Waals surface area contributed by atoms with Gasteiger partial charge >= 0.3 is 6.03 Å². The van der Waals surface area contributed by atoms with E-state index in [0.717, 1.165) is 37.6 Å². The molecule has 1 saturated heterocycles. The van der Waals surface area contributed by atoms with Crippen molar-refractivity contribution in [3.8, 4) is 0 Å². The molecule has 3 aromatic rings. The molecule has 0 radical (unpaired) electrons. The van der Waals surface area contributed by atoms with Gasteiger partial charge in [0.2, 0.25) is 0 Å². The summed E-state index contributed by atoms with van der Waals surface area (Å²) in [7, 11) is 2.04. The van der Waals surface area contributed by atoms with Crippen LogP contribution < -0.4 is 5.32 Å². The van der Waals surface area contributed by atoms with Crippen LogP contribution in [0.3, 0.4) is 0 Å². The fraction of sp³-hybridized carbons (Fsp3) is 0.381. The summed E-state index contributed by atoms with van der Waals surface area (Å²) in [5, 5.41) is 10.3. The van der Waals surface area contributed by atoms with E-state index in [9.17, 15) is 13.6 Å². The van der Waals surface area contributed by atoms with Gasteiger partial charge in [0.15, 0.2) is 5.58 Å². The monoisotopic (exact) mass is 415 g/mol. The number of piperidine rings is 1. The van der Waals surface area contributed by atoms with Gasteiger partial charge in [0.1, 0.15) is 17.2 Å². The molecular formula is C21H23F2N5O2. The number of nitrogens with zero attached hydrogens (tertiary/aromatic N) is 4. The fourth-order valence-electron chi connectivity index (χ4n) is 3.72. The summed E-state index contributed by atoms with van der Waals surface area (Å²) < 4.78 is 32.5. The normalized spacial score (nSPS) is 15.4. The smallest absolute Gasteiger partial charge is 0.318 e. The number of hydrogen-bond donors (Lipinski definition) is 1. The molecule has 1 N–H and O–H groups in total. The number of likely N-dealkylation sites (tertiary alicyclic amines) is 1. The number of nitrogens with one attached hydrogen (secondary N) is 1. The van der Waals surface area contributed by atoms with Crippen LogP contribution >= 0.6 is 0 Å². The Kier molecular flexibility index (Phi) is 5.89. The van der Waals surface area contributed by atoms with Crippen LogP contribution in [0.2, 0.25) is 0 Å². The van der Waals surface area contributed by atoms with E-state index in [2.05, 4.69) is 20.6 Å². The molecule has 1 aliphatic heterocycles. The van der Waals surface area contributed by atoms with Crippen molar-refractivity contribution in [1.82, 2.24) is 25.5 Å². The van der Waals surface area contributed by atoms with Crippen LogP contribution in [0, 0.1) is 11.6 Å². The summed E-state index contributed by atoms with van der Waals surface area (Å²) in [4.78, 5) is 16.9. The first-order valence-corrected chi connectivity index (χ1v) is 9.87. The highest BCUT2D eigenvalue weighted by molar-refractivity contribution is 5.75. The molecule has 0 bridgehead atoms. The van der Waals surface area contributed by atoms with Crippen molar-refractivity contribution < 1.29 is 18.1 Å². The molecule has 0 saturated carbocycles. The number of halogens is 2. The largest absolute Gasteiger partial charge is 0.337 e. The number of amides is 2. The van der Waals surface area contributed by atoms with Crippen LogP contribution in [0.25, 0.3) is 11.1 Å². The number of carbonyl (C=O) groups is 1. The second-order valence-corrected chi connectivity index (χ2v) is 7.63. The van der Waals surface area contributed by atoms with Crippen LogP contribution in [-0.2, 0) is 13.1 Å². The van der Waals surface area contributed by atoms with Crippen molar-refractivity contribution in [3.63, 3.8) is 0 Å². The Balaban J connectivity index is 1.49. The van der Waals surface area contributed by atoms with E-state index >= 15 is 0 Å². The van der Waals surface area contributed by atoms with Crippen molar-refractivity contribution in [3.05, 3.63) is 59.2 Å². The summed E-state index contributed by atoms with van der Waals surface area (Å²) >= 11 is 0. The minimum Gasteiger partial charge on any atom is -0.337 e. The van der Waals surface area contributed by atoms with E-state index < -0.39 is 11.6 Å². The first-order chi connectivity index (χ1) is 14.5. The Morgan fingerprint density at radius 1 is 1.23 bits per heavy atom. The van der Waals surface area contributed by atoms with E-state index in [-0.39, 0.29) is 25.2 Å². The van der Waals surface area contributed by atoms with Gasteiger partial charge < -0.3 is 19.6 Å². The number of urea groups is 1. The average molecular weight is 415 g/mol. The zero-order chi connectivity index (χ0) is 21.1.